The first kappa shape index (κ1) is 52.9. The molecular formula is C50H90O4S2. The Balaban J connectivity index is 2.15. The van der Waals surface area contributed by atoms with Crippen LogP contribution in [-0.4, -0.2) is 45.2 Å². The van der Waals surface area contributed by atoms with E-state index in [1.54, 1.807) is 0 Å². The molecule has 0 aromatic heterocycles. The van der Waals surface area contributed by atoms with Gasteiger partial charge in [-0.05, 0) is 78.7 Å². The monoisotopic (exact) mass is 819 g/mol. The summed E-state index contributed by atoms with van der Waals surface area (Å²) in [5.74, 6) is 2.14. The van der Waals surface area contributed by atoms with Gasteiger partial charge in [-0.2, -0.15) is 23.5 Å². The minimum absolute atomic E-state index is 0.0126. The Morgan fingerprint density at radius 3 is 1.02 bits per heavy atom. The van der Waals surface area contributed by atoms with Gasteiger partial charge in [-0.3, -0.25) is 0 Å². The number of aryl methyl sites for hydroxylation is 1. The van der Waals surface area contributed by atoms with Crippen LogP contribution in [0.15, 0.2) is 12.1 Å². The van der Waals surface area contributed by atoms with Crippen molar-refractivity contribution in [2.45, 2.75) is 245 Å². The Hall–Kier alpha value is -1.14. The average molecular weight is 819 g/mol. The molecule has 0 aliphatic heterocycles. The van der Waals surface area contributed by atoms with Gasteiger partial charge in [0.05, 0.1) is 11.1 Å². The quantitative estimate of drug-likeness (QED) is 0.0639. The number of carboxylic acids is 2. The number of thioether (sulfide) groups is 2. The Labute approximate surface area is 356 Å². The van der Waals surface area contributed by atoms with Gasteiger partial charge in [0.2, 0.25) is 0 Å². The molecule has 0 heterocycles. The predicted octanol–water partition coefficient (Wildman–Crippen LogP) is 16.9. The molecule has 326 valence electrons. The summed E-state index contributed by atoms with van der Waals surface area (Å²) < 4.78 is 0. The first-order valence-corrected chi connectivity index (χ1v) is 26.6. The number of aromatic carboxylic acids is 2. The van der Waals surface area contributed by atoms with Crippen LogP contribution < -0.4 is 0 Å². The average Bonchev–Trinajstić information content (AvgIpc) is 3.19. The van der Waals surface area contributed by atoms with Gasteiger partial charge in [0.25, 0.3) is 0 Å². The second-order valence-electron chi connectivity index (χ2n) is 16.8. The lowest BCUT2D eigenvalue weighted by molar-refractivity contribution is 0.0650. The Kier molecular flexibility index (Phi) is 38.4. The highest BCUT2D eigenvalue weighted by molar-refractivity contribution is 7.99. The topological polar surface area (TPSA) is 74.6 Å². The molecular weight excluding hydrogens is 729 g/mol. The molecule has 0 radical (unpaired) electrons. The van der Waals surface area contributed by atoms with Gasteiger partial charge in [0.15, 0.2) is 0 Å². The molecule has 56 heavy (non-hydrogen) atoms. The van der Waals surface area contributed by atoms with E-state index in [4.69, 9.17) is 0 Å². The molecule has 0 fully saturated rings. The molecule has 0 amide bonds. The van der Waals surface area contributed by atoms with E-state index < -0.39 is 11.9 Å². The summed E-state index contributed by atoms with van der Waals surface area (Å²) in [6, 6.07) is 3.40. The fourth-order valence-electron chi connectivity index (χ4n) is 8.06. The van der Waals surface area contributed by atoms with Crippen LogP contribution in [0.5, 0.6) is 0 Å². The third-order valence-corrected chi connectivity index (χ3v) is 13.9. The summed E-state index contributed by atoms with van der Waals surface area (Å²) >= 11 is 3.98. The highest BCUT2D eigenvalue weighted by atomic mass is 32.2. The van der Waals surface area contributed by atoms with E-state index in [0.717, 1.165) is 47.6 Å². The molecule has 0 bridgehead atoms. The van der Waals surface area contributed by atoms with Crippen LogP contribution in [0.25, 0.3) is 0 Å². The van der Waals surface area contributed by atoms with Crippen LogP contribution >= 0.6 is 23.5 Å². The zero-order chi connectivity index (χ0) is 40.6. The zero-order valence-corrected chi connectivity index (χ0v) is 38.6. The maximum atomic E-state index is 12.3. The fourth-order valence-corrected chi connectivity index (χ4v) is 9.98. The minimum atomic E-state index is -1.15. The number of benzene rings is 1. The van der Waals surface area contributed by atoms with E-state index in [2.05, 4.69) is 13.8 Å². The van der Waals surface area contributed by atoms with E-state index in [0.29, 0.717) is 6.42 Å². The standard InChI is InChI=1S/C50H90O4S2/c1-3-5-7-9-11-13-15-17-19-21-23-25-27-29-31-33-41-55-43-35-37-45-39-40-47(49(51)52)48(50(53)54)46(45)38-36-44-56-42-34-32-30-28-26-24-22-20-18-16-14-12-10-8-6-4-2/h39-40H,3-38,41-44H2,1-2H3,(H,51,52)(H,53,54). The maximum Gasteiger partial charge on any atom is 0.336 e. The van der Waals surface area contributed by atoms with E-state index in [1.807, 2.05) is 29.6 Å². The molecule has 0 spiro atoms. The van der Waals surface area contributed by atoms with Gasteiger partial charge < -0.3 is 10.2 Å². The Bertz CT molecular complexity index is 1040. The number of unbranched alkanes of at least 4 members (excludes halogenated alkanes) is 30. The highest BCUT2D eigenvalue weighted by Gasteiger charge is 2.22. The van der Waals surface area contributed by atoms with Crippen LogP contribution in [0.3, 0.4) is 0 Å². The molecule has 0 saturated carbocycles. The van der Waals surface area contributed by atoms with E-state index in [9.17, 15) is 19.8 Å². The molecule has 0 aliphatic rings. The number of hydrogen-bond acceptors (Lipinski definition) is 4. The van der Waals surface area contributed by atoms with Crippen molar-refractivity contribution in [3.05, 3.63) is 34.4 Å². The third-order valence-electron chi connectivity index (χ3n) is 11.6. The SMILES string of the molecule is CCCCCCCCCCCCCCCCCCSCCCc1ccc(C(=O)O)c(C(=O)O)c1CCCSCCCCCCCCCCCCCCCCCC. The molecule has 1 rings (SSSR count). The number of carboxylic acid groups (broad SMARTS) is 2. The first-order valence-electron chi connectivity index (χ1n) is 24.3. The lowest BCUT2D eigenvalue weighted by atomic mass is 9.91. The maximum absolute atomic E-state index is 12.3. The molecule has 0 atom stereocenters. The second kappa shape index (κ2) is 40.6. The molecule has 2 N–H and O–H groups in total. The van der Waals surface area contributed by atoms with Crippen LogP contribution in [0.1, 0.15) is 264 Å². The second-order valence-corrected chi connectivity index (χ2v) is 19.2. The van der Waals surface area contributed by atoms with Crippen molar-refractivity contribution >= 4 is 35.5 Å². The predicted molar refractivity (Wildman–Crippen MR) is 251 cm³/mol. The van der Waals surface area contributed by atoms with Gasteiger partial charge in [0.1, 0.15) is 0 Å². The van der Waals surface area contributed by atoms with E-state index in [-0.39, 0.29) is 11.1 Å². The van der Waals surface area contributed by atoms with Crippen molar-refractivity contribution in [2.24, 2.45) is 0 Å². The van der Waals surface area contributed by atoms with E-state index >= 15 is 0 Å². The summed E-state index contributed by atoms with van der Waals surface area (Å²) in [6.07, 6.45) is 47.8. The Morgan fingerprint density at radius 2 is 0.696 bits per heavy atom. The van der Waals surface area contributed by atoms with Crippen LogP contribution in [0, 0.1) is 0 Å². The lowest BCUT2D eigenvalue weighted by Crippen LogP contribution is -2.14. The van der Waals surface area contributed by atoms with E-state index in [1.165, 1.54) is 217 Å². The largest absolute Gasteiger partial charge is 0.478 e. The summed E-state index contributed by atoms with van der Waals surface area (Å²) in [7, 11) is 0. The van der Waals surface area contributed by atoms with Crippen molar-refractivity contribution in [1.29, 1.82) is 0 Å². The lowest BCUT2D eigenvalue weighted by Gasteiger charge is -2.15. The molecule has 0 saturated heterocycles. The van der Waals surface area contributed by atoms with Gasteiger partial charge in [-0.1, -0.05) is 213 Å². The van der Waals surface area contributed by atoms with Crippen molar-refractivity contribution in [3.63, 3.8) is 0 Å². The van der Waals surface area contributed by atoms with Crippen LogP contribution in [0.2, 0.25) is 0 Å². The highest BCUT2D eigenvalue weighted by Crippen LogP contribution is 2.25. The normalized spacial score (nSPS) is 11.5. The number of carbonyl (C=O) groups is 2. The molecule has 1 aromatic carbocycles. The summed E-state index contributed by atoms with van der Waals surface area (Å²) in [6.45, 7) is 4.57. The fraction of sp³-hybridized carbons (Fsp3) is 0.840. The van der Waals surface area contributed by atoms with Crippen LogP contribution in [-0.2, 0) is 12.8 Å². The smallest absolute Gasteiger partial charge is 0.336 e. The molecule has 1 aromatic rings. The van der Waals surface area contributed by atoms with Crippen molar-refractivity contribution in [3.8, 4) is 0 Å². The van der Waals surface area contributed by atoms with Crippen molar-refractivity contribution < 1.29 is 19.8 Å². The Morgan fingerprint density at radius 1 is 0.393 bits per heavy atom. The number of hydrogen-bond donors (Lipinski definition) is 2. The van der Waals surface area contributed by atoms with Crippen molar-refractivity contribution in [2.75, 3.05) is 23.0 Å². The van der Waals surface area contributed by atoms with Gasteiger partial charge in [-0.25, -0.2) is 9.59 Å². The minimum Gasteiger partial charge on any atom is -0.478 e. The third kappa shape index (κ3) is 30.9. The summed E-state index contributed by atoms with van der Waals surface area (Å²) in [4.78, 5) is 24.2. The van der Waals surface area contributed by atoms with Crippen LogP contribution in [0.4, 0.5) is 0 Å². The summed E-state index contributed by atoms with van der Waals surface area (Å²) in [5, 5.41) is 19.8. The summed E-state index contributed by atoms with van der Waals surface area (Å²) in [5.41, 5.74) is 1.72. The molecule has 0 unspecified atom stereocenters. The zero-order valence-electron chi connectivity index (χ0n) is 37.0. The van der Waals surface area contributed by atoms with Gasteiger partial charge in [-0.15, -0.1) is 0 Å². The van der Waals surface area contributed by atoms with Gasteiger partial charge in [0, 0.05) is 0 Å². The van der Waals surface area contributed by atoms with Crippen molar-refractivity contribution in [1.82, 2.24) is 0 Å². The molecule has 0 aliphatic carbocycles. The molecule has 6 heteroatoms. The first-order chi connectivity index (χ1) is 27.5. The molecule has 4 nitrogen and oxygen atoms in total. The number of rotatable bonds is 44. The van der Waals surface area contributed by atoms with Gasteiger partial charge >= 0.3 is 11.9 Å².